The van der Waals surface area contributed by atoms with Crippen molar-refractivity contribution in [3.63, 3.8) is 0 Å². The number of benzene rings is 2. The third kappa shape index (κ3) is 5.31. The van der Waals surface area contributed by atoms with Crippen LogP contribution < -0.4 is 10.1 Å². The maximum absolute atomic E-state index is 5.95. The lowest BCUT2D eigenvalue weighted by Gasteiger charge is -2.10. The van der Waals surface area contributed by atoms with Gasteiger partial charge in [0.25, 0.3) is 0 Å². The molecule has 0 radical (unpaired) electrons. The Kier molecular flexibility index (Phi) is 6.62. The van der Waals surface area contributed by atoms with Crippen molar-refractivity contribution in [2.45, 2.75) is 25.2 Å². The molecule has 0 saturated carbocycles. The predicted octanol–water partition coefficient (Wildman–Crippen LogP) is 2.98. The number of thioether (sulfide) groups is 1. The molecule has 0 bridgehead atoms. The fourth-order valence-electron chi connectivity index (χ4n) is 2.47. The first kappa shape index (κ1) is 18.4. The Morgan fingerprint density at radius 1 is 1.15 bits per heavy atom. The summed E-state index contributed by atoms with van der Waals surface area (Å²) in [6.45, 7) is 4.38. The maximum Gasteiger partial charge on any atom is 0.209 e. The second-order valence-electron chi connectivity index (χ2n) is 5.97. The average molecular weight is 369 g/mol. The Bertz CT molecular complexity index is 836. The quantitative estimate of drug-likeness (QED) is 0.462. The van der Waals surface area contributed by atoms with Crippen LogP contribution in [0.2, 0.25) is 0 Å². The molecule has 7 heteroatoms. The van der Waals surface area contributed by atoms with E-state index in [1.165, 1.54) is 16.7 Å². The smallest absolute Gasteiger partial charge is 0.209 e. The first-order chi connectivity index (χ1) is 12.7. The molecule has 0 aliphatic carbocycles. The van der Waals surface area contributed by atoms with Gasteiger partial charge in [0, 0.05) is 25.9 Å². The SMILES string of the molecule is Cc1ccccc1COc1cccc(CNCCSc2nnnn2C)c1. The van der Waals surface area contributed by atoms with E-state index < -0.39 is 0 Å². The van der Waals surface area contributed by atoms with Crippen molar-refractivity contribution in [3.8, 4) is 5.75 Å². The van der Waals surface area contributed by atoms with Crippen molar-refractivity contribution >= 4 is 11.8 Å². The Balaban J connectivity index is 1.42. The second-order valence-corrected chi connectivity index (χ2v) is 7.03. The molecule has 0 unspecified atom stereocenters. The minimum absolute atomic E-state index is 0.589. The lowest BCUT2D eigenvalue weighted by molar-refractivity contribution is 0.305. The molecule has 1 heterocycles. The summed E-state index contributed by atoms with van der Waals surface area (Å²) in [5.74, 6) is 1.81. The van der Waals surface area contributed by atoms with E-state index in [-0.39, 0.29) is 0 Å². The van der Waals surface area contributed by atoms with Gasteiger partial charge in [-0.05, 0) is 46.2 Å². The molecule has 3 rings (SSSR count). The fraction of sp³-hybridized carbons (Fsp3) is 0.316. The molecule has 2 aromatic carbocycles. The lowest BCUT2D eigenvalue weighted by atomic mass is 10.1. The molecule has 1 aromatic heterocycles. The summed E-state index contributed by atoms with van der Waals surface area (Å²) in [5.41, 5.74) is 3.67. The van der Waals surface area contributed by atoms with Gasteiger partial charge in [0.15, 0.2) is 0 Å². The standard InChI is InChI=1S/C19H23N5OS/c1-15-6-3-4-8-17(15)14-25-18-9-5-7-16(12-18)13-20-10-11-26-19-21-22-23-24(19)2/h3-9,12,20H,10-11,13-14H2,1-2H3. The van der Waals surface area contributed by atoms with Crippen LogP contribution in [0.15, 0.2) is 53.7 Å². The maximum atomic E-state index is 5.95. The number of hydrogen-bond acceptors (Lipinski definition) is 6. The summed E-state index contributed by atoms with van der Waals surface area (Å²) in [4.78, 5) is 0. The van der Waals surface area contributed by atoms with E-state index in [4.69, 9.17) is 4.74 Å². The van der Waals surface area contributed by atoms with E-state index in [0.717, 1.165) is 29.7 Å². The minimum Gasteiger partial charge on any atom is -0.489 e. The molecule has 136 valence electrons. The first-order valence-corrected chi connectivity index (χ1v) is 9.53. The van der Waals surface area contributed by atoms with E-state index in [0.29, 0.717) is 6.61 Å². The predicted molar refractivity (Wildman–Crippen MR) is 103 cm³/mol. The number of nitrogens with one attached hydrogen (secondary N) is 1. The zero-order valence-corrected chi connectivity index (χ0v) is 15.9. The first-order valence-electron chi connectivity index (χ1n) is 8.54. The monoisotopic (exact) mass is 369 g/mol. The summed E-state index contributed by atoms with van der Waals surface area (Å²) in [6, 6.07) is 16.5. The number of hydrogen-bond donors (Lipinski definition) is 1. The molecule has 0 fully saturated rings. The summed E-state index contributed by atoms with van der Waals surface area (Å²) < 4.78 is 7.63. The van der Waals surface area contributed by atoms with Crippen LogP contribution in [0.3, 0.4) is 0 Å². The molecule has 0 spiro atoms. The molecule has 6 nitrogen and oxygen atoms in total. The van der Waals surface area contributed by atoms with Crippen molar-refractivity contribution in [1.82, 2.24) is 25.5 Å². The van der Waals surface area contributed by atoms with Gasteiger partial charge in [-0.1, -0.05) is 48.2 Å². The molecule has 3 aromatic rings. The number of rotatable bonds is 9. The van der Waals surface area contributed by atoms with E-state index in [9.17, 15) is 0 Å². The van der Waals surface area contributed by atoms with E-state index in [1.807, 2.05) is 31.3 Å². The van der Waals surface area contributed by atoms with Crippen molar-refractivity contribution in [3.05, 3.63) is 65.2 Å². The van der Waals surface area contributed by atoms with Crippen LogP contribution in [0.1, 0.15) is 16.7 Å². The molecular weight excluding hydrogens is 346 g/mol. The largest absolute Gasteiger partial charge is 0.489 e. The highest BCUT2D eigenvalue weighted by atomic mass is 32.2. The zero-order chi connectivity index (χ0) is 18.2. The van der Waals surface area contributed by atoms with Crippen molar-refractivity contribution in [2.75, 3.05) is 12.3 Å². The molecular formula is C19H23N5OS. The Morgan fingerprint density at radius 3 is 2.85 bits per heavy atom. The van der Waals surface area contributed by atoms with Gasteiger partial charge < -0.3 is 10.1 Å². The number of ether oxygens (including phenoxy) is 1. The molecule has 0 amide bonds. The lowest BCUT2D eigenvalue weighted by Crippen LogP contribution is -2.16. The van der Waals surface area contributed by atoms with Crippen LogP contribution in [-0.4, -0.2) is 32.5 Å². The normalized spacial score (nSPS) is 10.8. The minimum atomic E-state index is 0.589. The van der Waals surface area contributed by atoms with Crippen LogP contribution in [0, 0.1) is 6.92 Å². The van der Waals surface area contributed by atoms with E-state index in [2.05, 4.69) is 52.0 Å². The van der Waals surface area contributed by atoms with Crippen LogP contribution in [0.5, 0.6) is 5.75 Å². The van der Waals surface area contributed by atoms with Gasteiger partial charge in [-0.3, -0.25) is 0 Å². The highest BCUT2D eigenvalue weighted by Crippen LogP contribution is 2.17. The van der Waals surface area contributed by atoms with E-state index in [1.54, 1.807) is 16.4 Å². The third-order valence-electron chi connectivity index (χ3n) is 3.97. The number of aromatic nitrogens is 4. The zero-order valence-electron chi connectivity index (χ0n) is 15.1. The molecule has 0 atom stereocenters. The summed E-state index contributed by atoms with van der Waals surface area (Å²) in [6.07, 6.45) is 0. The van der Waals surface area contributed by atoms with Gasteiger partial charge in [0.05, 0.1) is 0 Å². The van der Waals surface area contributed by atoms with Gasteiger partial charge in [0.2, 0.25) is 5.16 Å². The van der Waals surface area contributed by atoms with Gasteiger partial charge in [-0.2, -0.15) is 0 Å². The topological polar surface area (TPSA) is 64.9 Å². The van der Waals surface area contributed by atoms with Gasteiger partial charge in [0.1, 0.15) is 12.4 Å². The van der Waals surface area contributed by atoms with Gasteiger partial charge in [-0.15, -0.1) is 5.10 Å². The van der Waals surface area contributed by atoms with Crippen LogP contribution >= 0.6 is 11.8 Å². The molecule has 0 saturated heterocycles. The Morgan fingerprint density at radius 2 is 2.04 bits per heavy atom. The summed E-state index contributed by atoms with van der Waals surface area (Å²) in [7, 11) is 1.85. The van der Waals surface area contributed by atoms with Crippen LogP contribution in [-0.2, 0) is 20.2 Å². The summed E-state index contributed by atoms with van der Waals surface area (Å²) >= 11 is 1.64. The highest BCUT2D eigenvalue weighted by molar-refractivity contribution is 7.99. The number of nitrogens with zero attached hydrogens (tertiary/aromatic N) is 4. The molecule has 0 aliphatic heterocycles. The summed E-state index contributed by atoms with van der Waals surface area (Å²) in [5, 5.41) is 15.7. The molecule has 26 heavy (non-hydrogen) atoms. The van der Waals surface area contributed by atoms with Crippen LogP contribution in [0.4, 0.5) is 0 Å². The third-order valence-corrected chi connectivity index (χ3v) is 4.99. The second kappa shape index (κ2) is 9.35. The van der Waals surface area contributed by atoms with Gasteiger partial charge >= 0.3 is 0 Å². The molecule has 1 N–H and O–H groups in total. The van der Waals surface area contributed by atoms with Crippen molar-refractivity contribution < 1.29 is 4.74 Å². The highest BCUT2D eigenvalue weighted by Gasteiger charge is 2.03. The number of tetrazole rings is 1. The Labute approximate surface area is 158 Å². The van der Waals surface area contributed by atoms with Crippen LogP contribution in [0.25, 0.3) is 0 Å². The van der Waals surface area contributed by atoms with E-state index >= 15 is 0 Å². The van der Waals surface area contributed by atoms with Crippen molar-refractivity contribution in [1.29, 1.82) is 0 Å². The molecule has 0 aliphatic rings. The Hall–Kier alpha value is -2.38. The van der Waals surface area contributed by atoms with Crippen molar-refractivity contribution in [2.24, 2.45) is 7.05 Å². The van der Waals surface area contributed by atoms with Gasteiger partial charge in [-0.25, -0.2) is 4.68 Å². The number of aryl methyl sites for hydroxylation is 2. The average Bonchev–Trinajstić information content (AvgIpc) is 3.06. The fourth-order valence-corrected chi connectivity index (χ4v) is 3.22.